The Labute approximate surface area is 94.0 Å². The Morgan fingerprint density at radius 2 is 2.13 bits per heavy atom. The Kier molecular flexibility index (Phi) is 4.35. The highest BCUT2D eigenvalue weighted by atomic mass is 16.1. The lowest BCUT2D eigenvalue weighted by Crippen LogP contribution is -2.49. The smallest absolute Gasteiger partial charge is 0.146 e. The first-order valence-electron chi connectivity index (χ1n) is 5.66. The summed E-state index contributed by atoms with van der Waals surface area (Å²) in [6, 6.07) is 0.736. The molecule has 2 radical (unpaired) electrons. The maximum Gasteiger partial charge on any atom is 0.146 e. The number of Topliss-reactive ketones (excluding diaryl/α,β-unsaturated/α-hetero) is 1. The van der Waals surface area contributed by atoms with Gasteiger partial charge in [0.1, 0.15) is 5.78 Å². The van der Waals surface area contributed by atoms with Crippen LogP contribution >= 0.6 is 0 Å². The molecule has 1 aliphatic rings. The summed E-state index contributed by atoms with van der Waals surface area (Å²) in [4.78, 5) is 13.7. The van der Waals surface area contributed by atoms with Crippen molar-refractivity contribution >= 4 is 13.6 Å². The third kappa shape index (κ3) is 2.82. The van der Waals surface area contributed by atoms with E-state index in [2.05, 4.69) is 24.1 Å². The molecule has 84 valence electrons. The number of ketones is 1. The van der Waals surface area contributed by atoms with Crippen molar-refractivity contribution in [1.82, 2.24) is 10.2 Å². The van der Waals surface area contributed by atoms with Crippen LogP contribution in [-0.2, 0) is 4.79 Å². The minimum absolute atomic E-state index is 0.0193. The summed E-state index contributed by atoms with van der Waals surface area (Å²) in [7, 11) is 7.86. The molecule has 0 spiro atoms. The van der Waals surface area contributed by atoms with Gasteiger partial charge >= 0.3 is 0 Å². The summed E-state index contributed by atoms with van der Waals surface area (Å²) in [5.74, 6) is 0.378. The van der Waals surface area contributed by atoms with Crippen LogP contribution in [-0.4, -0.2) is 50.2 Å². The van der Waals surface area contributed by atoms with Crippen LogP contribution in [0.2, 0.25) is 5.82 Å². The SMILES string of the molecule is [B][C@H]1C[C@@H](C(C)=O)N(C(C)C(C)NC)C1. The molecule has 0 aromatic heterocycles. The first kappa shape index (κ1) is 12.7. The van der Waals surface area contributed by atoms with E-state index in [-0.39, 0.29) is 17.6 Å². The van der Waals surface area contributed by atoms with Gasteiger partial charge in [-0.1, -0.05) is 5.82 Å². The lowest BCUT2D eigenvalue weighted by atomic mass is 9.85. The molecule has 4 heteroatoms. The fraction of sp³-hybridized carbons (Fsp3) is 0.909. The Morgan fingerprint density at radius 1 is 1.53 bits per heavy atom. The second-order valence-electron chi connectivity index (χ2n) is 4.64. The van der Waals surface area contributed by atoms with E-state index in [0.29, 0.717) is 12.1 Å². The number of carbonyl (C=O) groups is 1. The van der Waals surface area contributed by atoms with Crippen LogP contribution in [0.4, 0.5) is 0 Å². The molecule has 1 heterocycles. The summed E-state index contributed by atoms with van der Waals surface area (Å²) < 4.78 is 0. The van der Waals surface area contributed by atoms with Gasteiger partial charge in [-0.15, -0.1) is 0 Å². The molecule has 1 aliphatic heterocycles. The molecule has 0 aromatic rings. The van der Waals surface area contributed by atoms with Crippen LogP contribution in [0.15, 0.2) is 0 Å². The van der Waals surface area contributed by atoms with Crippen molar-refractivity contribution < 1.29 is 4.79 Å². The third-order valence-electron chi connectivity index (χ3n) is 3.54. The monoisotopic (exact) mass is 208 g/mol. The van der Waals surface area contributed by atoms with E-state index in [1.54, 1.807) is 6.92 Å². The normalized spacial score (nSPS) is 31.5. The molecule has 0 bridgehead atoms. The van der Waals surface area contributed by atoms with Crippen LogP contribution in [0.5, 0.6) is 0 Å². The molecular formula is C11H21BN2O. The molecular weight excluding hydrogens is 187 g/mol. The van der Waals surface area contributed by atoms with E-state index in [4.69, 9.17) is 7.85 Å². The Morgan fingerprint density at radius 3 is 2.60 bits per heavy atom. The summed E-state index contributed by atoms with van der Waals surface area (Å²) >= 11 is 0. The molecule has 0 amide bonds. The maximum absolute atomic E-state index is 11.5. The molecule has 2 unspecified atom stereocenters. The molecule has 1 fully saturated rings. The summed E-state index contributed by atoms with van der Waals surface area (Å²) in [5, 5.41) is 3.22. The molecule has 0 aliphatic carbocycles. The Bertz CT molecular complexity index is 235. The predicted molar refractivity (Wildman–Crippen MR) is 63.3 cm³/mol. The Hall–Kier alpha value is -0.345. The highest BCUT2D eigenvalue weighted by molar-refractivity contribution is 6.12. The molecule has 15 heavy (non-hydrogen) atoms. The summed E-state index contributed by atoms with van der Waals surface area (Å²) in [5.41, 5.74) is 0. The van der Waals surface area contributed by atoms with Gasteiger partial charge in [-0.2, -0.15) is 0 Å². The van der Waals surface area contributed by atoms with Gasteiger partial charge in [0, 0.05) is 12.1 Å². The fourth-order valence-electron chi connectivity index (χ4n) is 2.27. The number of nitrogens with zero attached hydrogens (tertiary/aromatic N) is 1. The minimum Gasteiger partial charge on any atom is -0.316 e. The van der Waals surface area contributed by atoms with Gasteiger partial charge in [0.25, 0.3) is 0 Å². The standard InChI is InChI=1S/C11H21BN2O/c1-7(13-4)8(2)14-6-10(12)5-11(14)9(3)15/h7-8,10-11,13H,5-6H2,1-4H3/t7?,8?,10-,11-/m0/s1. The van der Waals surface area contributed by atoms with Crippen molar-refractivity contribution in [3.63, 3.8) is 0 Å². The van der Waals surface area contributed by atoms with E-state index in [1.165, 1.54) is 0 Å². The quantitative estimate of drug-likeness (QED) is 0.687. The van der Waals surface area contributed by atoms with Crippen molar-refractivity contribution in [2.24, 2.45) is 0 Å². The number of nitrogens with one attached hydrogen (secondary N) is 1. The molecule has 3 nitrogen and oxygen atoms in total. The zero-order chi connectivity index (χ0) is 11.6. The van der Waals surface area contributed by atoms with Gasteiger partial charge in [0.2, 0.25) is 0 Å². The number of hydrogen-bond acceptors (Lipinski definition) is 3. The number of hydrogen-bond donors (Lipinski definition) is 1. The van der Waals surface area contributed by atoms with Gasteiger partial charge < -0.3 is 5.32 Å². The average molecular weight is 208 g/mol. The average Bonchev–Trinajstić information content (AvgIpc) is 2.58. The van der Waals surface area contributed by atoms with E-state index in [9.17, 15) is 4.79 Å². The van der Waals surface area contributed by atoms with Crippen molar-refractivity contribution in [3.8, 4) is 0 Å². The predicted octanol–water partition coefficient (Wildman–Crippen LogP) is 0.603. The van der Waals surface area contributed by atoms with Crippen molar-refractivity contribution in [2.45, 2.75) is 51.1 Å². The van der Waals surface area contributed by atoms with Crippen LogP contribution < -0.4 is 5.32 Å². The van der Waals surface area contributed by atoms with Crippen LogP contribution in [0.25, 0.3) is 0 Å². The number of likely N-dealkylation sites (N-methyl/N-ethyl adjacent to an activating group) is 1. The first-order chi connectivity index (χ1) is 6.97. The van der Waals surface area contributed by atoms with Gasteiger partial charge in [-0.3, -0.25) is 9.69 Å². The lowest BCUT2D eigenvalue weighted by Gasteiger charge is -2.33. The van der Waals surface area contributed by atoms with Crippen molar-refractivity contribution in [1.29, 1.82) is 0 Å². The van der Waals surface area contributed by atoms with E-state index in [1.807, 2.05) is 7.05 Å². The zero-order valence-electron chi connectivity index (χ0n) is 10.2. The summed E-state index contributed by atoms with van der Waals surface area (Å²) in [6.45, 7) is 6.77. The van der Waals surface area contributed by atoms with Gasteiger partial charge in [-0.05, 0) is 40.8 Å². The van der Waals surface area contributed by atoms with Crippen LogP contribution in [0, 0.1) is 0 Å². The van der Waals surface area contributed by atoms with Crippen molar-refractivity contribution in [2.75, 3.05) is 13.6 Å². The van der Waals surface area contributed by atoms with Gasteiger partial charge in [0.15, 0.2) is 0 Å². The molecule has 0 aromatic carbocycles. The molecule has 1 saturated heterocycles. The second kappa shape index (κ2) is 5.13. The van der Waals surface area contributed by atoms with Crippen LogP contribution in [0.3, 0.4) is 0 Å². The zero-order valence-corrected chi connectivity index (χ0v) is 10.2. The fourth-order valence-corrected chi connectivity index (χ4v) is 2.27. The highest BCUT2D eigenvalue weighted by Crippen LogP contribution is 2.28. The lowest BCUT2D eigenvalue weighted by molar-refractivity contribution is -0.121. The number of likely N-dealkylation sites (tertiary alicyclic amines) is 1. The second-order valence-corrected chi connectivity index (χ2v) is 4.64. The number of carbonyl (C=O) groups excluding carboxylic acids is 1. The van der Waals surface area contributed by atoms with E-state index in [0.717, 1.165) is 13.0 Å². The largest absolute Gasteiger partial charge is 0.316 e. The van der Waals surface area contributed by atoms with Crippen molar-refractivity contribution in [3.05, 3.63) is 0 Å². The molecule has 0 saturated carbocycles. The first-order valence-corrected chi connectivity index (χ1v) is 5.66. The third-order valence-corrected chi connectivity index (χ3v) is 3.54. The minimum atomic E-state index is 0.0193. The molecule has 4 atom stereocenters. The summed E-state index contributed by atoms with van der Waals surface area (Å²) in [6.07, 6.45) is 0.802. The highest BCUT2D eigenvalue weighted by Gasteiger charge is 2.36. The Balaban J connectivity index is 2.70. The van der Waals surface area contributed by atoms with E-state index >= 15 is 0 Å². The number of rotatable bonds is 4. The van der Waals surface area contributed by atoms with Crippen LogP contribution in [0.1, 0.15) is 27.2 Å². The molecule has 1 N–H and O–H groups in total. The van der Waals surface area contributed by atoms with Gasteiger partial charge in [-0.25, -0.2) is 0 Å². The van der Waals surface area contributed by atoms with E-state index < -0.39 is 0 Å². The molecule has 1 rings (SSSR count). The van der Waals surface area contributed by atoms with Gasteiger partial charge in [0.05, 0.1) is 13.9 Å². The maximum atomic E-state index is 11.5. The topological polar surface area (TPSA) is 32.3 Å².